The lowest BCUT2D eigenvalue weighted by molar-refractivity contribution is -0.144. The molecule has 3 aliphatic rings. The molecule has 1 spiro atoms. The van der Waals surface area contributed by atoms with Crippen molar-refractivity contribution in [2.75, 3.05) is 11.9 Å². The summed E-state index contributed by atoms with van der Waals surface area (Å²) in [6, 6.07) is 7.62. The van der Waals surface area contributed by atoms with E-state index >= 15 is 0 Å². The molecule has 12 heteroatoms. The predicted molar refractivity (Wildman–Crippen MR) is 134 cm³/mol. The maximum atomic E-state index is 13.5. The van der Waals surface area contributed by atoms with Gasteiger partial charge in [0, 0.05) is 48.1 Å². The van der Waals surface area contributed by atoms with E-state index in [9.17, 15) is 18.0 Å². The van der Waals surface area contributed by atoms with Crippen LogP contribution in [0.4, 0.5) is 24.8 Å². The van der Waals surface area contributed by atoms with Gasteiger partial charge in [-0.15, -0.1) is 0 Å². The molecule has 196 valence electrons. The van der Waals surface area contributed by atoms with E-state index in [2.05, 4.69) is 36.6 Å². The van der Waals surface area contributed by atoms with Crippen LogP contribution in [-0.2, 0) is 23.9 Å². The van der Waals surface area contributed by atoms with Crippen molar-refractivity contribution in [2.45, 2.75) is 62.7 Å². The zero-order chi connectivity index (χ0) is 26.3. The number of hydrogen-bond acceptors (Lipinski definition) is 7. The highest BCUT2D eigenvalue weighted by Gasteiger charge is 2.46. The second-order valence-electron chi connectivity index (χ2n) is 10.9. The summed E-state index contributed by atoms with van der Waals surface area (Å²) in [5.74, 6) is 0.855. The van der Waals surface area contributed by atoms with Crippen molar-refractivity contribution in [1.82, 2.24) is 34.6 Å². The number of nitrogens with one attached hydrogen (secondary N) is 2. The van der Waals surface area contributed by atoms with Crippen molar-refractivity contribution in [2.24, 2.45) is 0 Å². The Morgan fingerprint density at radius 1 is 1.11 bits per heavy atom. The third kappa shape index (κ3) is 3.85. The zero-order valence-corrected chi connectivity index (χ0v) is 20.6. The number of alkyl halides is 3. The fourth-order valence-electron chi connectivity index (χ4n) is 5.40. The fourth-order valence-corrected chi connectivity index (χ4v) is 5.40. The minimum Gasteiger partial charge on any atom is -0.324 e. The summed E-state index contributed by atoms with van der Waals surface area (Å²) in [5.41, 5.74) is 2.56. The van der Waals surface area contributed by atoms with Gasteiger partial charge >= 0.3 is 6.18 Å². The van der Waals surface area contributed by atoms with E-state index < -0.39 is 18.3 Å². The van der Waals surface area contributed by atoms with Gasteiger partial charge in [0.15, 0.2) is 11.5 Å². The molecule has 1 aliphatic heterocycles. The minimum atomic E-state index is -4.63. The van der Waals surface area contributed by atoms with Crippen molar-refractivity contribution < 1.29 is 13.2 Å². The fraction of sp³-hybridized carbons (Fsp3) is 0.423. The van der Waals surface area contributed by atoms with E-state index in [1.54, 1.807) is 0 Å². The molecule has 9 nitrogen and oxygen atoms in total. The lowest BCUT2D eigenvalue weighted by atomic mass is 9.88. The van der Waals surface area contributed by atoms with Crippen LogP contribution in [0.5, 0.6) is 0 Å². The Bertz CT molecular complexity index is 1650. The molecule has 2 N–H and O–H groups in total. The van der Waals surface area contributed by atoms with Crippen molar-refractivity contribution in [3.05, 3.63) is 64.0 Å². The van der Waals surface area contributed by atoms with Crippen LogP contribution in [0.15, 0.2) is 41.5 Å². The Labute approximate surface area is 215 Å². The zero-order valence-electron chi connectivity index (χ0n) is 20.6. The van der Waals surface area contributed by atoms with Crippen LogP contribution in [0.3, 0.4) is 0 Å². The first kappa shape index (κ1) is 23.3. The molecule has 2 aliphatic carbocycles. The van der Waals surface area contributed by atoms with Crippen molar-refractivity contribution >= 4 is 22.7 Å². The van der Waals surface area contributed by atoms with Crippen LogP contribution >= 0.6 is 0 Å². The summed E-state index contributed by atoms with van der Waals surface area (Å²) < 4.78 is 42.3. The predicted octanol–water partition coefficient (Wildman–Crippen LogP) is 3.86. The monoisotopic (exact) mass is 522 g/mol. The molecule has 4 aromatic rings. The Balaban J connectivity index is 1.32. The number of rotatable bonds is 5. The number of aromatic nitrogens is 6. The Kier molecular flexibility index (Phi) is 4.82. The SMILES string of the molecule is CC1(c2nccc(-n3c4nc(Nc5ccc6c(c5)CNCC65CC5)ncc4c(=O)n3CC(F)(F)F)n2)CC1. The van der Waals surface area contributed by atoms with E-state index in [1.807, 2.05) is 19.1 Å². The third-order valence-electron chi connectivity index (χ3n) is 7.97. The van der Waals surface area contributed by atoms with Gasteiger partial charge in [-0.2, -0.15) is 18.2 Å². The Morgan fingerprint density at radius 3 is 2.66 bits per heavy atom. The van der Waals surface area contributed by atoms with Gasteiger partial charge in [-0.1, -0.05) is 13.0 Å². The molecular formula is C26H25F3N8O. The highest BCUT2D eigenvalue weighted by Crippen LogP contribution is 2.51. The van der Waals surface area contributed by atoms with E-state index in [0.717, 1.165) is 36.3 Å². The van der Waals surface area contributed by atoms with E-state index in [-0.39, 0.29) is 33.6 Å². The van der Waals surface area contributed by atoms with Gasteiger partial charge in [0.05, 0.1) is 0 Å². The number of anilines is 2. The number of benzene rings is 1. The molecular weight excluding hydrogens is 497 g/mol. The molecule has 0 unspecified atom stereocenters. The highest BCUT2D eigenvalue weighted by molar-refractivity contribution is 5.77. The lowest BCUT2D eigenvalue weighted by Crippen LogP contribution is -2.33. The first-order valence-corrected chi connectivity index (χ1v) is 12.6. The summed E-state index contributed by atoms with van der Waals surface area (Å²) >= 11 is 0. The summed E-state index contributed by atoms with van der Waals surface area (Å²) in [6.45, 7) is 2.28. The molecule has 0 amide bonds. The summed E-state index contributed by atoms with van der Waals surface area (Å²) in [5, 5.41) is 6.62. The average molecular weight is 523 g/mol. The molecule has 1 aromatic carbocycles. The second kappa shape index (κ2) is 7.85. The largest absolute Gasteiger partial charge is 0.408 e. The Hall–Kier alpha value is -3.80. The maximum absolute atomic E-state index is 13.5. The molecule has 3 aromatic heterocycles. The summed E-state index contributed by atoms with van der Waals surface area (Å²) in [7, 11) is 0. The molecule has 0 atom stereocenters. The van der Waals surface area contributed by atoms with Gasteiger partial charge in [-0.3, -0.25) is 4.79 Å². The minimum absolute atomic E-state index is 0.0251. The van der Waals surface area contributed by atoms with Gasteiger partial charge in [0.25, 0.3) is 5.56 Å². The summed E-state index contributed by atoms with van der Waals surface area (Å²) in [6.07, 6.45) is 2.28. The molecule has 38 heavy (non-hydrogen) atoms. The number of halogens is 3. The number of hydrogen-bond donors (Lipinski definition) is 2. The van der Waals surface area contributed by atoms with Crippen LogP contribution < -0.4 is 16.2 Å². The molecule has 0 saturated heterocycles. The number of fused-ring (bicyclic) bond motifs is 3. The highest BCUT2D eigenvalue weighted by atomic mass is 19.4. The molecule has 4 heterocycles. The topological polar surface area (TPSA) is 103 Å². The van der Waals surface area contributed by atoms with Gasteiger partial charge in [0.2, 0.25) is 5.95 Å². The Morgan fingerprint density at radius 2 is 1.92 bits per heavy atom. The van der Waals surface area contributed by atoms with E-state index in [4.69, 9.17) is 0 Å². The van der Waals surface area contributed by atoms with Crippen molar-refractivity contribution in [3.63, 3.8) is 0 Å². The van der Waals surface area contributed by atoms with E-state index in [1.165, 1.54) is 42.4 Å². The van der Waals surface area contributed by atoms with Crippen LogP contribution in [-0.4, -0.2) is 42.0 Å². The molecule has 0 bridgehead atoms. The first-order valence-electron chi connectivity index (χ1n) is 12.6. The van der Waals surface area contributed by atoms with Crippen LogP contribution in [0.2, 0.25) is 0 Å². The first-order chi connectivity index (χ1) is 18.1. The van der Waals surface area contributed by atoms with Crippen LogP contribution in [0.1, 0.15) is 49.6 Å². The summed E-state index contributed by atoms with van der Waals surface area (Å²) in [4.78, 5) is 30.7. The third-order valence-corrected chi connectivity index (χ3v) is 7.97. The lowest BCUT2D eigenvalue weighted by Gasteiger charge is -2.26. The molecule has 0 radical (unpaired) electrons. The van der Waals surface area contributed by atoms with E-state index in [0.29, 0.717) is 10.5 Å². The van der Waals surface area contributed by atoms with Gasteiger partial charge in [-0.05, 0) is 48.9 Å². The second-order valence-corrected chi connectivity index (χ2v) is 10.9. The van der Waals surface area contributed by atoms with Crippen molar-refractivity contribution in [3.8, 4) is 5.82 Å². The van der Waals surface area contributed by atoms with Crippen LogP contribution in [0.25, 0.3) is 16.9 Å². The van der Waals surface area contributed by atoms with Gasteiger partial charge in [-0.25, -0.2) is 24.3 Å². The molecule has 7 rings (SSSR count). The van der Waals surface area contributed by atoms with Crippen molar-refractivity contribution in [1.29, 1.82) is 0 Å². The smallest absolute Gasteiger partial charge is 0.324 e. The standard InChI is InChI=1S/C26H25F3N8O/c1-24(5-6-24)22-31-9-4-19(34-22)37-20-17(21(38)36(37)14-26(27,28)29)12-32-23(35-20)33-16-2-3-18-15(10-16)11-30-13-25(18)7-8-25/h2-4,9-10,12,30H,5-8,11,13-14H2,1H3,(H,32,33,35). The maximum Gasteiger partial charge on any atom is 0.408 e. The van der Waals surface area contributed by atoms with Gasteiger partial charge in [0.1, 0.15) is 17.8 Å². The number of nitrogens with zero attached hydrogens (tertiary/aromatic N) is 6. The average Bonchev–Trinajstić information content (AvgIpc) is 3.80. The quantitative estimate of drug-likeness (QED) is 0.410. The van der Waals surface area contributed by atoms with Gasteiger partial charge < -0.3 is 10.6 Å². The van der Waals surface area contributed by atoms with Crippen LogP contribution in [0, 0.1) is 0 Å². The molecule has 2 fully saturated rings. The molecule has 2 saturated carbocycles. The normalized spacial score (nSPS) is 18.9.